The molecule has 1 amide bonds. The molecule has 6 heteroatoms. The van der Waals surface area contributed by atoms with E-state index < -0.39 is 0 Å². The number of hydrogen-bond donors (Lipinski definition) is 1. The van der Waals surface area contributed by atoms with Gasteiger partial charge in [0.05, 0.1) is 18.4 Å². The van der Waals surface area contributed by atoms with Crippen LogP contribution in [0.25, 0.3) is 11.3 Å². The summed E-state index contributed by atoms with van der Waals surface area (Å²) in [7, 11) is 1.70. The van der Waals surface area contributed by atoms with Gasteiger partial charge in [-0.1, -0.05) is 29.8 Å². The molecule has 0 saturated carbocycles. The quantitative estimate of drug-likeness (QED) is 0.617. The number of nitrogens with one attached hydrogen (secondary N) is 1. The molecule has 4 rings (SSSR count). The minimum absolute atomic E-state index is 0.123. The van der Waals surface area contributed by atoms with Crippen LogP contribution in [-0.4, -0.2) is 42.0 Å². The van der Waals surface area contributed by atoms with Crippen LogP contribution in [0, 0.1) is 12.7 Å². The SMILES string of the molecule is COc1ccc(C)cc1CN1CCC(NC(=O)c2ccc(-c3cccc(F)c3)nc2)CC1. The minimum atomic E-state index is -0.307. The lowest BCUT2D eigenvalue weighted by Gasteiger charge is -2.32. The van der Waals surface area contributed by atoms with Crippen molar-refractivity contribution in [1.82, 2.24) is 15.2 Å². The predicted molar refractivity (Wildman–Crippen MR) is 123 cm³/mol. The van der Waals surface area contributed by atoms with Crippen LogP contribution in [0.15, 0.2) is 60.8 Å². The van der Waals surface area contributed by atoms with E-state index >= 15 is 0 Å². The Morgan fingerprint density at radius 3 is 2.66 bits per heavy atom. The number of halogens is 1. The summed E-state index contributed by atoms with van der Waals surface area (Å²) in [5.41, 5.74) is 4.26. The molecule has 1 fully saturated rings. The zero-order chi connectivity index (χ0) is 22.5. The van der Waals surface area contributed by atoms with E-state index in [0.717, 1.165) is 38.2 Å². The number of carbonyl (C=O) groups is 1. The number of likely N-dealkylation sites (tertiary alicyclic amines) is 1. The molecule has 2 heterocycles. The van der Waals surface area contributed by atoms with E-state index in [2.05, 4.69) is 34.3 Å². The fourth-order valence-electron chi connectivity index (χ4n) is 4.12. The number of ether oxygens (including phenoxy) is 1. The first-order chi connectivity index (χ1) is 15.5. The van der Waals surface area contributed by atoms with Crippen LogP contribution >= 0.6 is 0 Å². The average molecular weight is 434 g/mol. The van der Waals surface area contributed by atoms with Crippen molar-refractivity contribution in [3.05, 3.63) is 83.3 Å². The van der Waals surface area contributed by atoms with Gasteiger partial charge in [-0.25, -0.2) is 4.39 Å². The van der Waals surface area contributed by atoms with Gasteiger partial charge in [0.1, 0.15) is 11.6 Å². The predicted octanol–water partition coefficient (Wildman–Crippen LogP) is 4.60. The van der Waals surface area contributed by atoms with E-state index in [1.54, 1.807) is 37.6 Å². The largest absolute Gasteiger partial charge is 0.496 e. The first-order valence-corrected chi connectivity index (χ1v) is 10.9. The number of rotatable bonds is 6. The molecule has 0 radical (unpaired) electrons. The van der Waals surface area contributed by atoms with E-state index in [9.17, 15) is 9.18 Å². The molecular weight excluding hydrogens is 405 g/mol. The van der Waals surface area contributed by atoms with Crippen LogP contribution in [0.5, 0.6) is 5.75 Å². The molecular formula is C26H28FN3O2. The van der Waals surface area contributed by atoms with Crippen molar-refractivity contribution in [1.29, 1.82) is 0 Å². The third-order valence-corrected chi connectivity index (χ3v) is 5.90. The molecule has 1 aliphatic heterocycles. The van der Waals surface area contributed by atoms with E-state index in [0.29, 0.717) is 16.8 Å². The lowest BCUT2D eigenvalue weighted by atomic mass is 10.0. The van der Waals surface area contributed by atoms with Gasteiger partial charge in [0.15, 0.2) is 0 Å². The number of aromatic nitrogens is 1. The third-order valence-electron chi connectivity index (χ3n) is 5.90. The number of carbonyl (C=O) groups excluding carboxylic acids is 1. The van der Waals surface area contributed by atoms with E-state index in [1.807, 2.05) is 6.07 Å². The standard InChI is InChI=1S/C26H28FN3O2/c1-18-6-9-25(32-2)21(14-18)17-30-12-10-23(11-13-30)29-26(31)20-7-8-24(28-16-20)19-4-3-5-22(27)15-19/h3-9,14-16,23H,10-13,17H2,1-2H3,(H,29,31). The highest BCUT2D eigenvalue weighted by atomic mass is 19.1. The van der Waals surface area contributed by atoms with Gasteiger partial charge in [-0.3, -0.25) is 14.7 Å². The van der Waals surface area contributed by atoms with Crippen molar-refractivity contribution in [2.24, 2.45) is 0 Å². The van der Waals surface area contributed by atoms with Gasteiger partial charge in [0, 0.05) is 43.0 Å². The Hall–Kier alpha value is -3.25. The average Bonchev–Trinajstić information content (AvgIpc) is 2.80. The lowest BCUT2D eigenvalue weighted by Crippen LogP contribution is -2.44. The van der Waals surface area contributed by atoms with Gasteiger partial charge >= 0.3 is 0 Å². The van der Waals surface area contributed by atoms with E-state index in [-0.39, 0.29) is 17.8 Å². The van der Waals surface area contributed by atoms with Gasteiger partial charge in [-0.2, -0.15) is 0 Å². The smallest absolute Gasteiger partial charge is 0.253 e. The number of hydrogen-bond acceptors (Lipinski definition) is 4. The number of benzene rings is 2. The summed E-state index contributed by atoms with van der Waals surface area (Å²) in [5, 5.41) is 3.13. The summed E-state index contributed by atoms with van der Waals surface area (Å²) < 4.78 is 18.9. The normalized spacial score (nSPS) is 14.8. The van der Waals surface area contributed by atoms with E-state index in [1.165, 1.54) is 23.3 Å². The maximum atomic E-state index is 13.4. The van der Waals surface area contributed by atoms with Crippen LogP contribution in [0.2, 0.25) is 0 Å². The zero-order valence-corrected chi connectivity index (χ0v) is 18.5. The highest BCUT2D eigenvalue weighted by Crippen LogP contribution is 2.23. The minimum Gasteiger partial charge on any atom is -0.496 e. The molecule has 1 aliphatic rings. The fourth-order valence-corrected chi connectivity index (χ4v) is 4.12. The molecule has 1 saturated heterocycles. The first-order valence-electron chi connectivity index (χ1n) is 10.9. The van der Waals surface area contributed by atoms with Crippen LogP contribution < -0.4 is 10.1 Å². The number of methoxy groups -OCH3 is 1. The van der Waals surface area contributed by atoms with Crippen molar-refractivity contribution >= 4 is 5.91 Å². The summed E-state index contributed by atoms with van der Waals surface area (Å²) in [6.07, 6.45) is 3.35. The molecule has 0 spiro atoms. The van der Waals surface area contributed by atoms with Crippen molar-refractivity contribution in [2.75, 3.05) is 20.2 Å². The molecule has 1 N–H and O–H groups in total. The van der Waals surface area contributed by atoms with Crippen molar-refractivity contribution < 1.29 is 13.9 Å². The highest BCUT2D eigenvalue weighted by molar-refractivity contribution is 5.94. The highest BCUT2D eigenvalue weighted by Gasteiger charge is 2.22. The van der Waals surface area contributed by atoms with E-state index in [4.69, 9.17) is 4.74 Å². The Morgan fingerprint density at radius 2 is 1.97 bits per heavy atom. The lowest BCUT2D eigenvalue weighted by molar-refractivity contribution is 0.0908. The molecule has 0 unspecified atom stereocenters. The number of amides is 1. The summed E-state index contributed by atoms with van der Waals surface area (Å²) >= 11 is 0. The molecule has 2 aromatic carbocycles. The van der Waals surface area contributed by atoms with Crippen LogP contribution in [0.1, 0.15) is 34.3 Å². The molecule has 5 nitrogen and oxygen atoms in total. The summed E-state index contributed by atoms with van der Waals surface area (Å²) in [6.45, 7) is 4.76. The second kappa shape index (κ2) is 9.92. The number of pyridine rings is 1. The Bertz CT molecular complexity index is 1080. The Kier molecular flexibility index (Phi) is 6.81. The monoisotopic (exact) mass is 433 g/mol. The number of nitrogens with zero attached hydrogens (tertiary/aromatic N) is 2. The van der Waals surface area contributed by atoms with Gasteiger partial charge in [-0.15, -0.1) is 0 Å². The summed E-state index contributed by atoms with van der Waals surface area (Å²) in [6, 6.07) is 16.2. The molecule has 0 aliphatic carbocycles. The molecule has 1 aromatic heterocycles. The van der Waals surface area contributed by atoms with Gasteiger partial charge < -0.3 is 10.1 Å². The Morgan fingerprint density at radius 1 is 1.16 bits per heavy atom. The van der Waals surface area contributed by atoms with Gasteiger partial charge in [-0.05, 0) is 50.1 Å². The summed E-state index contributed by atoms with van der Waals surface area (Å²) in [5.74, 6) is 0.487. The number of piperidine rings is 1. The number of aryl methyl sites for hydroxylation is 1. The van der Waals surface area contributed by atoms with Crippen molar-refractivity contribution in [3.63, 3.8) is 0 Å². The topological polar surface area (TPSA) is 54.5 Å². The molecule has 0 atom stereocenters. The van der Waals surface area contributed by atoms with Gasteiger partial charge in [0.25, 0.3) is 5.91 Å². The molecule has 3 aromatic rings. The maximum Gasteiger partial charge on any atom is 0.253 e. The fraction of sp³-hybridized carbons (Fsp3) is 0.308. The van der Waals surface area contributed by atoms with Crippen molar-refractivity contribution in [3.8, 4) is 17.0 Å². The molecule has 166 valence electrons. The van der Waals surface area contributed by atoms with Gasteiger partial charge in [0.2, 0.25) is 0 Å². The second-order valence-electron chi connectivity index (χ2n) is 8.28. The van der Waals surface area contributed by atoms with Crippen LogP contribution in [0.4, 0.5) is 4.39 Å². The Labute approximate surface area is 188 Å². The molecule has 0 bridgehead atoms. The first kappa shape index (κ1) is 22.0. The third kappa shape index (κ3) is 5.32. The van der Waals surface area contributed by atoms with Crippen LogP contribution in [0.3, 0.4) is 0 Å². The Balaban J connectivity index is 1.30. The zero-order valence-electron chi connectivity index (χ0n) is 18.5. The van der Waals surface area contributed by atoms with Crippen LogP contribution in [-0.2, 0) is 6.54 Å². The molecule has 32 heavy (non-hydrogen) atoms. The summed E-state index contributed by atoms with van der Waals surface area (Å²) in [4.78, 5) is 19.4. The second-order valence-corrected chi connectivity index (χ2v) is 8.28. The van der Waals surface area contributed by atoms with Crippen molar-refractivity contribution in [2.45, 2.75) is 32.4 Å². The maximum absolute atomic E-state index is 13.4.